The van der Waals surface area contributed by atoms with Gasteiger partial charge in [-0.15, -0.1) is 0 Å². The number of hydrogen-bond donors (Lipinski definition) is 0. The quantitative estimate of drug-likeness (QED) is 0.659. The summed E-state index contributed by atoms with van der Waals surface area (Å²) in [4.78, 5) is 0. The van der Waals surface area contributed by atoms with Gasteiger partial charge < -0.3 is 4.74 Å². The molecular formula is C8H5F13O. The lowest BCUT2D eigenvalue weighted by atomic mass is 9.84. The van der Waals surface area contributed by atoms with Gasteiger partial charge in [-0.1, -0.05) is 0 Å². The Morgan fingerprint density at radius 1 is 0.682 bits per heavy atom. The van der Waals surface area contributed by atoms with Gasteiger partial charge in [0.1, 0.15) is 0 Å². The standard InChI is InChI=1S/C8H5F13O/c1-22-6(15,5(13,14)8(19,20)21)4(12,7(16,17)18)3(10,11)2-9/h2H2,1H3. The van der Waals surface area contributed by atoms with Gasteiger partial charge in [-0.2, -0.15) is 43.9 Å². The molecule has 0 fully saturated rings. The average molecular weight is 364 g/mol. The highest BCUT2D eigenvalue weighted by Crippen LogP contribution is 2.61. The first-order chi connectivity index (χ1) is 9.37. The molecule has 0 aromatic heterocycles. The third-order valence-corrected chi connectivity index (χ3v) is 2.55. The molecule has 0 aliphatic rings. The molecule has 0 aliphatic heterocycles. The molecule has 0 amide bonds. The predicted octanol–water partition coefficient (Wildman–Crippen LogP) is 4.37. The fraction of sp³-hybridized carbons (Fsp3) is 1.00. The molecule has 0 saturated heterocycles. The molecule has 2 unspecified atom stereocenters. The second-order valence-corrected chi connectivity index (χ2v) is 3.87. The maximum Gasteiger partial charge on any atom is 0.459 e. The molecule has 0 aliphatic carbocycles. The third kappa shape index (κ3) is 2.48. The summed E-state index contributed by atoms with van der Waals surface area (Å²) in [6, 6.07) is 0. The van der Waals surface area contributed by atoms with Gasteiger partial charge in [-0.25, -0.2) is 13.2 Å². The highest BCUT2D eigenvalue weighted by atomic mass is 19.4. The number of rotatable bonds is 5. The summed E-state index contributed by atoms with van der Waals surface area (Å²) in [5.74, 6) is -21.0. The number of hydrogen-bond acceptors (Lipinski definition) is 1. The molecule has 1 nitrogen and oxygen atoms in total. The second kappa shape index (κ2) is 5.30. The predicted molar refractivity (Wildman–Crippen MR) is 42.7 cm³/mol. The molecule has 0 aromatic carbocycles. The fourth-order valence-corrected chi connectivity index (χ4v) is 1.38. The van der Waals surface area contributed by atoms with Crippen LogP contribution in [-0.4, -0.2) is 49.5 Å². The largest absolute Gasteiger partial charge is 0.459 e. The van der Waals surface area contributed by atoms with E-state index in [1.54, 1.807) is 0 Å². The SMILES string of the molecule is COC(F)(C(F)(F)C(F)(F)F)C(F)(C(F)(F)F)C(F)(F)CF. The number of ether oxygens (including phenoxy) is 1. The van der Waals surface area contributed by atoms with Crippen LogP contribution >= 0.6 is 0 Å². The summed E-state index contributed by atoms with van der Waals surface area (Å²) in [5.41, 5.74) is -7.34. The van der Waals surface area contributed by atoms with Crippen LogP contribution in [0.5, 0.6) is 0 Å². The average Bonchev–Trinajstić information content (AvgIpc) is 2.33. The second-order valence-electron chi connectivity index (χ2n) is 3.87. The van der Waals surface area contributed by atoms with E-state index in [1.165, 1.54) is 0 Å². The zero-order chi connectivity index (χ0) is 18.4. The van der Waals surface area contributed by atoms with Crippen molar-refractivity contribution in [3.63, 3.8) is 0 Å². The zero-order valence-electron chi connectivity index (χ0n) is 10.0. The molecule has 14 heteroatoms. The van der Waals surface area contributed by atoms with E-state index in [-0.39, 0.29) is 0 Å². The van der Waals surface area contributed by atoms with Crippen molar-refractivity contribution >= 4 is 0 Å². The van der Waals surface area contributed by atoms with Gasteiger partial charge >= 0.3 is 35.7 Å². The van der Waals surface area contributed by atoms with Crippen LogP contribution in [0.15, 0.2) is 0 Å². The van der Waals surface area contributed by atoms with Crippen molar-refractivity contribution in [2.24, 2.45) is 0 Å². The highest BCUT2D eigenvalue weighted by Gasteiger charge is 2.92. The zero-order valence-corrected chi connectivity index (χ0v) is 10.0. The number of halogens is 13. The first-order valence-electron chi connectivity index (χ1n) is 4.75. The Morgan fingerprint density at radius 2 is 1.05 bits per heavy atom. The van der Waals surface area contributed by atoms with E-state index in [9.17, 15) is 57.1 Å². The summed E-state index contributed by atoms with van der Waals surface area (Å²) in [6.45, 7) is -3.73. The van der Waals surface area contributed by atoms with Crippen molar-refractivity contribution in [3.8, 4) is 0 Å². The normalized spacial score (nSPS) is 20.5. The van der Waals surface area contributed by atoms with Crippen LogP contribution < -0.4 is 0 Å². The van der Waals surface area contributed by atoms with Gasteiger partial charge in [0.25, 0.3) is 0 Å². The molecule has 0 saturated carbocycles. The minimum absolute atomic E-state index is 0.645. The Bertz CT molecular complexity index is 398. The topological polar surface area (TPSA) is 9.23 Å². The summed E-state index contributed by atoms with van der Waals surface area (Å²) < 4.78 is 166. The van der Waals surface area contributed by atoms with Crippen LogP contribution in [0, 0.1) is 0 Å². The van der Waals surface area contributed by atoms with Gasteiger partial charge in [0.2, 0.25) is 0 Å². The lowest BCUT2D eigenvalue weighted by molar-refractivity contribution is -0.463. The summed E-state index contributed by atoms with van der Waals surface area (Å²) in [5, 5.41) is 0. The molecule has 0 aromatic rings. The molecule has 2 atom stereocenters. The maximum absolute atomic E-state index is 13.6. The van der Waals surface area contributed by atoms with E-state index in [2.05, 4.69) is 4.74 Å². The summed E-state index contributed by atoms with van der Waals surface area (Å²) in [7, 11) is -0.645. The van der Waals surface area contributed by atoms with Crippen LogP contribution in [-0.2, 0) is 4.74 Å². The van der Waals surface area contributed by atoms with Crippen molar-refractivity contribution < 1.29 is 61.8 Å². The smallest absolute Gasteiger partial charge is 0.341 e. The Kier molecular flexibility index (Phi) is 5.07. The van der Waals surface area contributed by atoms with E-state index in [1.807, 2.05) is 0 Å². The summed E-state index contributed by atoms with van der Waals surface area (Å²) in [6.07, 6.45) is -14.6. The minimum atomic E-state index is -7.39. The lowest BCUT2D eigenvalue weighted by Gasteiger charge is -2.45. The van der Waals surface area contributed by atoms with Gasteiger partial charge in [-0.3, -0.25) is 0 Å². The van der Waals surface area contributed by atoms with Crippen molar-refractivity contribution in [1.82, 2.24) is 0 Å². The molecule has 22 heavy (non-hydrogen) atoms. The molecule has 0 rings (SSSR count). The van der Waals surface area contributed by atoms with Gasteiger partial charge in [0, 0.05) is 7.11 Å². The third-order valence-electron chi connectivity index (χ3n) is 2.55. The molecule has 0 N–H and O–H groups in total. The maximum atomic E-state index is 13.6. The van der Waals surface area contributed by atoms with Gasteiger partial charge in [0.05, 0.1) is 0 Å². The van der Waals surface area contributed by atoms with E-state index >= 15 is 0 Å². The summed E-state index contributed by atoms with van der Waals surface area (Å²) >= 11 is 0. The molecule has 0 heterocycles. The number of methoxy groups -OCH3 is 1. The number of alkyl halides is 13. The van der Waals surface area contributed by atoms with Crippen molar-refractivity contribution in [2.45, 2.75) is 35.7 Å². The lowest BCUT2D eigenvalue weighted by Crippen LogP contribution is -2.76. The highest BCUT2D eigenvalue weighted by molar-refractivity contribution is 5.15. The van der Waals surface area contributed by atoms with Crippen LogP contribution in [0.2, 0.25) is 0 Å². The Labute approximate surface area is 113 Å². The Hall–Kier alpha value is -0.950. The van der Waals surface area contributed by atoms with E-state index in [4.69, 9.17) is 0 Å². The molecule has 0 spiro atoms. The molecule has 0 radical (unpaired) electrons. The van der Waals surface area contributed by atoms with E-state index in [0.717, 1.165) is 0 Å². The van der Waals surface area contributed by atoms with Gasteiger partial charge in [-0.05, 0) is 0 Å². The fourth-order valence-electron chi connectivity index (χ4n) is 1.38. The molecular weight excluding hydrogens is 359 g/mol. The Morgan fingerprint density at radius 3 is 1.23 bits per heavy atom. The van der Waals surface area contributed by atoms with E-state index < -0.39 is 49.5 Å². The van der Waals surface area contributed by atoms with Crippen LogP contribution in [0.25, 0.3) is 0 Å². The first kappa shape index (κ1) is 21.0. The monoisotopic (exact) mass is 364 g/mol. The van der Waals surface area contributed by atoms with E-state index in [0.29, 0.717) is 0 Å². The first-order valence-corrected chi connectivity index (χ1v) is 4.75. The Balaban J connectivity index is 6.71. The van der Waals surface area contributed by atoms with Crippen molar-refractivity contribution in [1.29, 1.82) is 0 Å². The van der Waals surface area contributed by atoms with Crippen molar-refractivity contribution in [3.05, 3.63) is 0 Å². The minimum Gasteiger partial charge on any atom is -0.341 e. The molecule has 134 valence electrons. The molecule has 0 bridgehead atoms. The van der Waals surface area contributed by atoms with Gasteiger partial charge in [0.15, 0.2) is 6.67 Å². The van der Waals surface area contributed by atoms with Crippen LogP contribution in [0.3, 0.4) is 0 Å². The van der Waals surface area contributed by atoms with Crippen molar-refractivity contribution in [2.75, 3.05) is 13.8 Å². The van der Waals surface area contributed by atoms with Crippen LogP contribution in [0.4, 0.5) is 57.1 Å². The van der Waals surface area contributed by atoms with Crippen LogP contribution in [0.1, 0.15) is 0 Å².